The molecule has 1 amide bonds. The van der Waals surface area contributed by atoms with Crippen LogP contribution in [0.3, 0.4) is 0 Å². The maximum atomic E-state index is 12.9. The number of carbonyl (C=O) groups is 2. The predicted octanol–water partition coefficient (Wildman–Crippen LogP) is 3.15. The monoisotopic (exact) mass is 354 g/mol. The number of carbonyl (C=O) groups excluding carboxylic acids is 2. The van der Waals surface area contributed by atoms with Crippen molar-refractivity contribution in [3.8, 4) is 0 Å². The summed E-state index contributed by atoms with van der Waals surface area (Å²) in [4.78, 5) is 28.8. The Bertz CT molecular complexity index is 829. The highest BCUT2D eigenvalue weighted by atomic mass is 19.1. The summed E-state index contributed by atoms with van der Waals surface area (Å²) in [5, 5.41) is 6.86. The first-order valence-corrected chi connectivity index (χ1v) is 8.36. The topological polar surface area (TPSA) is 67.8 Å². The minimum absolute atomic E-state index is 0.0397. The number of nitrogens with one attached hydrogen (secondary N) is 1. The summed E-state index contributed by atoms with van der Waals surface area (Å²) in [7, 11) is 0. The Morgan fingerprint density at radius 2 is 1.77 bits per heavy atom. The van der Waals surface area contributed by atoms with Crippen molar-refractivity contribution < 1.29 is 18.8 Å². The average Bonchev–Trinajstić information content (AvgIpc) is 3.09. The standard InChI is InChI=1S/C20H19FN2O3/c1-13(24)15-4-6-16(7-5-15)20(25)22-12-19-11-18(23-26-19)10-14-2-8-17(21)9-3-14/h2-9,19H,10-12H2,1H3,(H,22,25). The third kappa shape index (κ3) is 4.53. The van der Waals surface area contributed by atoms with Gasteiger partial charge in [0.15, 0.2) is 5.78 Å². The van der Waals surface area contributed by atoms with E-state index < -0.39 is 0 Å². The van der Waals surface area contributed by atoms with Crippen molar-refractivity contribution in [2.45, 2.75) is 25.9 Å². The van der Waals surface area contributed by atoms with Gasteiger partial charge in [-0.15, -0.1) is 0 Å². The van der Waals surface area contributed by atoms with Crippen LogP contribution in [0.5, 0.6) is 0 Å². The summed E-state index contributed by atoms with van der Waals surface area (Å²) in [6.07, 6.45) is 0.990. The average molecular weight is 354 g/mol. The first kappa shape index (κ1) is 17.8. The van der Waals surface area contributed by atoms with Crippen molar-refractivity contribution in [2.24, 2.45) is 5.16 Å². The molecule has 0 bridgehead atoms. The van der Waals surface area contributed by atoms with Crippen LogP contribution in [-0.4, -0.2) is 30.1 Å². The molecule has 0 spiro atoms. The second-order valence-electron chi connectivity index (χ2n) is 6.24. The van der Waals surface area contributed by atoms with Crippen LogP contribution in [0.15, 0.2) is 53.7 Å². The number of hydrogen-bond donors (Lipinski definition) is 1. The Labute approximate surface area is 150 Å². The quantitative estimate of drug-likeness (QED) is 0.811. The van der Waals surface area contributed by atoms with Crippen LogP contribution < -0.4 is 5.32 Å². The van der Waals surface area contributed by atoms with Crippen molar-refractivity contribution in [1.82, 2.24) is 5.32 Å². The van der Waals surface area contributed by atoms with Crippen LogP contribution in [0, 0.1) is 5.82 Å². The summed E-state index contributed by atoms with van der Waals surface area (Å²) in [5.41, 5.74) is 2.88. The Morgan fingerprint density at radius 3 is 2.42 bits per heavy atom. The Balaban J connectivity index is 1.46. The molecule has 3 rings (SSSR count). The van der Waals surface area contributed by atoms with Gasteiger partial charge in [-0.1, -0.05) is 29.4 Å². The van der Waals surface area contributed by atoms with Crippen molar-refractivity contribution in [1.29, 1.82) is 0 Å². The van der Waals surface area contributed by atoms with E-state index in [0.717, 1.165) is 11.3 Å². The normalized spacial score (nSPS) is 15.9. The van der Waals surface area contributed by atoms with E-state index in [1.165, 1.54) is 19.1 Å². The smallest absolute Gasteiger partial charge is 0.251 e. The zero-order valence-corrected chi connectivity index (χ0v) is 14.4. The van der Waals surface area contributed by atoms with E-state index in [1.54, 1.807) is 36.4 Å². The largest absolute Gasteiger partial charge is 0.390 e. The fourth-order valence-electron chi connectivity index (χ4n) is 2.70. The SMILES string of the molecule is CC(=O)c1ccc(C(=O)NCC2CC(Cc3ccc(F)cc3)=NO2)cc1. The Hall–Kier alpha value is -3.02. The number of halogens is 1. The van der Waals surface area contributed by atoms with Gasteiger partial charge in [0.25, 0.3) is 5.91 Å². The van der Waals surface area contributed by atoms with Crippen LogP contribution in [0.4, 0.5) is 4.39 Å². The Morgan fingerprint density at radius 1 is 1.12 bits per heavy atom. The molecule has 0 radical (unpaired) electrons. The van der Waals surface area contributed by atoms with E-state index in [2.05, 4.69) is 10.5 Å². The van der Waals surface area contributed by atoms with E-state index in [-0.39, 0.29) is 23.6 Å². The highest BCUT2D eigenvalue weighted by molar-refractivity contribution is 5.97. The van der Waals surface area contributed by atoms with Gasteiger partial charge in [-0.25, -0.2) is 4.39 Å². The third-order valence-corrected chi connectivity index (χ3v) is 4.16. The van der Waals surface area contributed by atoms with Crippen molar-refractivity contribution in [3.63, 3.8) is 0 Å². The van der Waals surface area contributed by atoms with Gasteiger partial charge < -0.3 is 10.2 Å². The van der Waals surface area contributed by atoms with Crippen LogP contribution in [0.2, 0.25) is 0 Å². The summed E-state index contributed by atoms with van der Waals surface area (Å²) in [6, 6.07) is 12.8. The maximum Gasteiger partial charge on any atom is 0.251 e. The van der Waals surface area contributed by atoms with Gasteiger partial charge in [-0.3, -0.25) is 9.59 Å². The molecular weight excluding hydrogens is 335 g/mol. The molecule has 1 N–H and O–H groups in total. The minimum Gasteiger partial charge on any atom is -0.390 e. The summed E-state index contributed by atoms with van der Waals surface area (Å²) in [5.74, 6) is -0.534. The fourth-order valence-corrected chi connectivity index (χ4v) is 2.70. The highest BCUT2D eigenvalue weighted by Gasteiger charge is 2.22. The molecule has 0 saturated heterocycles. The van der Waals surface area contributed by atoms with Gasteiger partial charge in [0.1, 0.15) is 11.9 Å². The number of ketones is 1. The van der Waals surface area contributed by atoms with Crippen molar-refractivity contribution >= 4 is 17.4 Å². The molecule has 1 atom stereocenters. The van der Waals surface area contributed by atoms with Crippen LogP contribution in [0.25, 0.3) is 0 Å². The maximum absolute atomic E-state index is 12.9. The van der Waals surface area contributed by atoms with Crippen molar-refractivity contribution in [3.05, 3.63) is 71.0 Å². The number of rotatable bonds is 6. The lowest BCUT2D eigenvalue weighted by Crippen LogP contribution is -2.32. The summed E-state index contributed by atoms with van der Waals surface area (Å²) < 4.78 is 12.9. The predicted molar refractivity (Wildman–Crippen MR) is 95.8 cm³/mol. The number of oxime groups is 1. The van der Waals surface area contributed by atoms with E-state index in [4.69, 9.17) is 4.84 Å². The minimum atomic E-state index is -0.268. The second kappa shape index (κ2) is 7.91. The van der Waals surface area contributed by atoms with Gasteiger partial charge in [-0.2, -0.15) is 0 Å². The first-order chi connectivity index (χ1) is 12.5. The second-order valence-corrected chi connectivity index (χ2v) is 6.24. The molecule has 1 aliphatic rings. The lowest BCUT2D eigenvalue weighted by Gasteiger charge is -2.10. The molecule has 0 aliphatic carbocycles. The zero-order valence-electron chi connectivity index (χ0n) is 14.4. The van der Waals surface area contributed by atoms with Gasteiger partial charge in [-0.05, 0) is 36.8 Å². The van der Waals surface area contributed by atoms with Gasteiger partial charge >= 0.3 is 0 Å². The van der Waals surface area contributed by atoms with Gasteiger partial charge in [0.05, 0.1) is 12.3 Å². The van der Waals surface area contributed by atoms with Crippen molar-refractivity contribution in [2.75, 3.05) is 6.54 Å². The molecule has 0 fully saturated rings. The first-order valence-electron chi connectivity index (χ1n) is 8.36. The number of hydrogen-bond acceptors (Lipinski definition) is 4. The molecular formula is C20H19FN2O3. The molecule has 1 aliphatic heterocycles. The Kier molecular flexibility index (Phi) is 5.41. The molecule has 134 valence electrons. The molecule has 2 aromatic rings. The van der Waals surface area contributed by atoms with Gasteiger partial charge in [0, 0.05) is 24.0 Å². The molecule has 2 aromatic carbocycles. The van der Waals surface area contributed by atoms with Crippen LogP contribution in [-0.2, 0) is 11.3 Å². The van der Waals surface area contributed by atoms with Crippen LogP contribution >= 0.6 is 0 Å². The summed E-state index contributed by atoms with van der Waals surface area (Å²) in [6.45, 7) is 1.82. The van der Waals surface area contributed by atoms with E-state index in [1.807, 2.05) is 0 Å². The molecule has 1 unspecified atom stereocenters. The number of nitrogens with zero attached hydrogens (tertiary/aromatic N) is 1. The zero-order chi connectivity index (χ0) is 18.5. The molecule has 6 heteroatoms. The van der Waals surface area contributed by atoms with E-state index in [0.29, 0.717) is 30.5 Å². The highest BCUT2D eigenvalue weighted by Crippen LogP contribution is 2.15. The number of benzene rings is 2. The van der Waals surface area contributed by atoms with Crippen LogP contribution in [0.1, 0.15) is 39.6 Å². The van der Waals surface area contributed by atoms with Gasteiger partial charge in [0.2, 0.25) is 0 Å². The number of amides is 1. The van der Waals surface area contributed by atoms with E-state index in [9.17, 15) is 14.0 Å². The lowest BCUT2D eigenvalue weighted by atomic mass is 10.0. The summed E-state index contributed by atoms with van der Waals surface area (Å²) >= 11 is 0. The fraction of sp³-hybridized carbons (Fsp3) is 0.250. The number of Topliss-reactive ketones (excluding diaryl/α,β-unsaturated/α-hetero) is 1. The molecule has 5 nitrogen and oxygen atoms in total. The van der Waals surface area contributed by atoms with E-state index >= 15 is 0 Å². The third-order valence-electron chi connectivity index (χ3n) is 4.16. The molecule has 0 aromatic heterocycles. The molecule has 26 heavy (non-hydrogen) atoms. The molecule has 1 heterocycles. The lowest BCUT2D eigenvalue weighted by molar-refractivity contribution is 0.0753. The molecule has 0 saturated carbocycles.